The summed E-state index contributed by atoms with van der Waals surface area (Å²) < 4.78 is 14.4. The van der Waals surface area contributed by atoms with E-state index < -0.39 is 0 Å². The van der Waals surface area contributed by atoms with E-state index in [2.05, 4.69) is 17.2 Å². The van der Waals surface area contributed by atoms with Gasteiger partial charge in [0.05, 0.1) is 23.6 Å². The van der Waals surface area contributed by atoms with Crippen LogP contribution in [-0.2, 0) is 0 Å². The van der Waals surface area contributed by atoms with Crippen LogP contribution in [0.1, 0.15) is 31.5 Å². The van der Waals surface area contributed by atoms with Gasteiger partial charge >= 0.3 is 0 Å². The van der Waals surface area contributed by atoms with Crippen LogP contribution in [0.5, 0.6) is 0 Å². The van der Waals surface area contributed by atoms with Crippen LogP contribution in [0, 0.1) is 5.82 Å². The maximum absolute atomic E-state index is 12.8. The van der Waals surface area contributed by atoms with Crippen LogP contribution in [0.3, 0.4) is 0 Å². The first-order valence-electron chi connectivity index (χ1n) is 5.64. The molecule has 0 amide bonds. The summed E-state index contributed by atoms with van der Waals surface area (Å²) in [4.78, 5) is 0. The minimum absolute atomic E-state index is 0.0887. The lowest BCUT2D eigenvalue weighted by atomic mass is 10.1. The summed E-state index contributed by atoms with van der Waals surface area (Å²) in [7, 11) is 0. The van der Waals surface area contributed by atoms with E-state index in [9.17, 15) is 4.39 Å². The topological polar surface area (TPSA) is 56.7 Å². The van der Waals surface area contributed by atoms with Gasteiger partial charge in [0.2, 0.25) is 0 Å². The average Bonchev–Trinajstić information content (AvgIpc) is 2.80. The van der Waals surface area contributed by atoms with Crippen LogP contribution in [0.25, 0.3) is 5.69 Å². The predicted molar refractivity (Wildman–Crippen MR) is 63.2 cm³/mol. The molecule has 17 heavy (non-hydrogen) atoms. The third-order valence-corrected chi connectivity index (χ3v) is 2.58. The summed E-state index contributed by atoms with van der Waals surface area (Å²) in [5.74, 6) is -0.267. The number of rotatable bonds is 4. The zero-order chi connectivity index (χ0) is 12.3. The van der Waals surface area contributed by atoms with E-state index in [1.165, 1.54) is 12.1 Å². The highest BCUT2D eigenvalue weighted by Crippen LogP contribution is 2.14. The molecule has 2 N–H and O–H groups in total. The molecule has 0 spiro atoms. The molecule has 1 atom stereocenters. The number of aromatic nitrogens is 3. The van der Waals surface area contributed by atoms with Crippen LogP contribution < -0.4 is 5.73 Å². The van der Waals surface area contributed by atoms with Crippen molar-refractivity contribution in [2.75, 3.05) is 0 Å². The van der Waals surface area contributed by atoms with Gasteiger partial charge in [0.15, 0.2) is 0 Å². The van der Waals surface area contributed by atoms with Crippen molar-refractivity contribution in [1.82, 2.24) is 15.0 Å². The van der Waals surface area contributed by atoms with Crippen LogP contribution in [0.2, 0.25) is 0 Å². The summed E-state index contributed by atoms with van der Waals surface area (Å²) in [5, 5.41) is 8.01. The Balaban J connectivity index is 2.20. The molecule has 0 aliphatic rings. The molecule has 5 heteroatoms. The molecule has 0 saturated heterocycles. The van der Waals surface area contributed by atoms with Gasteiger partial charge in [-0.15, -0.1) is 5.10 Å². The van der Waals surface area contributed by atoms with E-state index in [1.807, 2.05) is 0 Å². The smallest absolute Gasteiger partial charge is 0.123 e. The maximum atomic E-state index is 12.8. The lowest BCUT2D eigenvalue weighted by Gasteiger charge is -2.04. The van der Waals surface area contributed by atoms with Crippen LogP contribution in [0.4, 0.5) is 4.39 Å². The SMILES string of the molecule is CCCC(N)c1cn(-c2ccc(F)cc2)nn1. The molecule has 0 bridgehead atoms. The van der Waals surface area contributed by atoms with Crippen molar-refractivity contribution in [3.05, 3.63) is 42.0 Å². The molecule has 2 aromatic rings. The highest BCUT2D eigenvalue weighted by atomic mass is 19.1. The van der Waals surface area contributed by atoms with Crippen molar-refractivity contribution in [3.8, 4) is 5.69 Å². The normalized spacial score (nSPS) is 12.6. The van der Waals surface area contributed by atoms with Gasteiger partial charge in [0.25, 0.3) is 0 Å². The Morgan fingerprint density at radius 1 is 1.35 bits per heavy atom. The molecule has 0 aliphatic carbocycles. The van der Waals surface area contributed by atoms with Crippen molar-refractivity contribution in [1.29, 1.82) is 0 Å². The standard InChI is InChI=1S/C12H15FN4/c1-2-3-11(14)12-8-17(16-15-12)10-6-4-9(13)5-7-10/h4-8,11H,2-3,14H2,1H3. The van der Waals surface area contributed by atoms with E-state index in [0.29, 0.717) is 0 Å². The van der Waals surface area contributed by atoms with Gasteiger partial charge in [-0.2, -0.15) is 0 Å². The molecule has 4 nitrogen and oxygen atoms in total. The Hall–Kier alpha value is -1.75. The Bertz CT molecular complexity index is 478. The largest absolute Gasteiger partial charge is 0.323 e. The molecule has 0 fully saturated rings. The Kier molecular flexibility index (Phi) is 3.49. The number of hydrogen-bond donors (Lipinski definition) is 1. The zero-order valence-corrected chi connectivity index (χ0v) is 9.68. The lowest BCUT2D eigenvalue weighted by Crippen LogP contribution is -2.10. The Labute approximate surface area is 99.2 Å². The number of hydrogen-bond acceptors (Lipinski definition) is 3. The molecular weight excluding hydrogens is 219 g/mol. The molecule has 0 radical (unpaired) electrons. The van der Waals surface area contributed by atoms with E-state index in [1.54, 1.807) is 23.0 Å². The molecule has 1 heterocycles. The van der Waals surface area contributed by atoms with Gasteiger partial charge < -0.3 is 5.73 Å². The third-order valence-electron chi connectivity index (χ3n) is 2.58. The van der Waals surface area contributed by atoms with Crippen molar-refractivity contribution in [2.24, 2.45) is 5.73 Å². The number of benzene rings is 1. The third kappa shape index (κ3) is 2.68. The first-order valence-corrected chi connectivity index (χ1v) is 5.64. The summed E-state index contributed by atoms with van der Waals surface area (Å²) in [6.45, 7) is 2.07. The zero-order valence-electron chi connectivity index (χ0n) is 9.68. The average molecular weight is 234 g/mol. The molecule has 1 aromatic heterocycles. The van der Waals surface area contributed by atoms with E-state index in [0.717, 1.165) is 24.2 Å². The van der Waals surface area contributed by atoms with Crippen molar-refractivity contribution < 1.29 is 4.39 Å². The summed E-state index contributed by atoms with van der Waals surface area (Å²) in [6, 6.07) is 6.00. The fourth-order valence-corrected chi connectivity index (χ4v) is 1.63. The fourth-order valence-electron chi connectivity index (χ4n) is 1.63. The lowest BCUT2D eigenvalue weighted by molar-refractivity contribution is 0.619. The Morgan fingerprint density at radius 2 is 2.06 bits per heavy atom. The maximum Gasteiger partial charge on any atom is 0.123 e. The molecule has 0 saturated carbocycles. The van der Waals surface area contributed by atoms with Gasteiger partial charge in [-0.3, -0.25) is 0 Å². The van der Waals surface area contributed by atoms with Crippen molar-refractivity contribution in [2.45, 2.75) is 25.8 Å². The molecule has 0 aliphatic heterocycles. The van der Waals surface area contributed by atoms with Gasteiger partial charge in [-0.05, 0) is 30.7 Å². The van der Waals surface area contributed by atoms with Gasteiger partial charge in [0.1, 0.15) is 5.82 Å². The Morgan fingerprint density at radius 3 is 2.71 bits per heavy atom. The fraction of sp³-hybridized carbons (Fsp3) is 0.333. The summed E-state index contributed by atoms with van der Waals surface area (Å²) in [6.07, 6.45) is 3.67. The van der Waals surface area contributed by atoms with Crippen LogP contribution >= 0.6 is 0 Å². The van der Waals surface area contributed by atoms with E-state index in [4.69, 9.17) is 5.73 Å². The van der Waals surface area contributed by atoms with Crippen molar-refractivity contribution >= 4 is 0 Å². The van der Waals surface area contributed by atoms with Gasteiger partial charge in [-0.1, -0.05) is 18.6 Å². The van der Waals surface area contributed by atoms with Crippen LogP contribution in [-0.4, -0.2) is 15.0 Å². The predicted octanol–water partition coefficient (Wildman–Crippen LogP) is 2.21. The summed E-state index contributed by atoms with van der Waals surface area (Å²) in [5.41, 5.74) is 7.48. The number of halogens is 1. The van der Waals surface area contributed by atoms with Crippen LogP contribution in [0.15, 0.2) is 30.5 Å². The second-order valence-electron chi connectivity index (χ2n) is 3.96. The minimum atomic E-state index is -0.267. The van der Waals surface area contributed by atoms with Gasteiger partial charge in [-0.25, -0.2) is 9.07 Å². The van der Waals surface area contributed by atoms with Crippen molar-refractivity contribution in [3.63, 3.8) is 0 Å². The molecule has 90 valence electrons. The first-order chi connectivity index (χ1) is 8.20. The van der Waals surface area contributed by atoms with E-state index >= 15 is 0 Å². The number of nitrogens with two attached hydrogens (primary N) is 1. The molecule has 1 unspecified atom stereocenters. The number of nitrogens with zero attached hydrogens (tertiary/aromatic N) is 3. The molecule has 2 rings (SSSR count). The second-order valence-corrected chi connectivity index (χ2v) is 3.96. The molecule has 1 aromatic carbocycles. The highest BCUT2D eigenvalue weighted by molar-refractivity contribution is 5.30. The van der Waals surface area contributed by atoms with E-state index in [-0.39, 0.29) is 11.9 Å². The monoisotopic (exact) mass is 234 g/mol. The highest BCUT2D eigenvalue weighted by Gasteiger charge is 2.10. The van der Waals surface area contributed by atoms with Gasteiger partial charge in [0, 0.05) is 0 Å². The first kappa shape index (κ1) is 11.7. The minimum Gasteiger partial charge on any atom is -0.323 e. The summed E-state index contributed by atoms with van der Waals surface area (Å²) >= 11 is 0. The quantitative estimate of drug-likeness (QED) is 0.882. The molecular formula is C12H15FN4. The second kappa shape index (κ2) is 5.05.